The van der Waals surface area contributed by atoms with E-state index in [0.29, 0.717) is 11.9 Å². The van der Waals surface area contributed by atoms with E-state index in [4.69, 9.17) is 5.73 Å². The molecule has 0 spiro atoms. The Balaban J connectivity index is 2.09. The summed E-state index contributed by atoms with van der Waals surface area (Å²) in [6, 6.07) is 2.43. The first-order valence-corrected chi connectivity index (χ1v) is 5.88. The minimum atomic E-state index is 0.572. The number of anilines is 1. The minimum absolute atomic E-state index is 0.572. The zero-order valence-electron chi connectivity index (χ0n) is 10.3. The number of nitrogen functional groups attached to an aromatic ring is 1. The standard InChI is InChI=1S/C12H20N4/c1-8-4-10(3)16(6-8)7-12-14-9(2)5-11(13)15-12/h5,8,10H,4,6-7H2,1-3H3,(H2,13,14,15). The molecule has 1 aromatic rings. The van der Waals surface area contributed by atoms with Crippen molar-refractivity contribution in [2.45, 2.75) is 39.8 Å². The Labute approximate surface area is 96.9 Å². The molecule has 2 atom stereocenters. The number of nitrogens with zero attached hydrogens (tertiary/aromatic N) is 3. The molecule has 1 aliphatic heterocycles. The Morgan fingerprint density at radius 1 is 1.44 bits per heavy atom. The molecule has 2 unspecified atom stereocenters. The number of likely N-dealkylation sites (tertiary alicyclic amines) is 1. The van der Waals surface area contributed by atoms with Gasteiger partial charge in [0.05, 0.1) is 6.54 Å². The van der Waals surface area contributed by atoms with E-state index in [2.05, 4.69) is 28.7 Å². The lowest BCUT2D eigenvalue weighted by Crippen LogP contribution is -2.27. The number of aryl methyl sites for hydroxylation is 1. The lowest BCUT2D eigenvalue weighted by molar-refractivity contribution is 0.250. The van der Waals surface area contributed by atoms with Gasteiger partial charge in [0.1, 0.15) is 11.6 Å². The largest absolute Gasteiger partial charge is 0.384 e. The van der Waals surface area contributed by atoms with Crippen molar-refractivity contribution in [3.8, 4) is 0 Å². The number of hydrogen-bond acceptors (Lipinski definition) is 4. The molecule has 1 saturated heterocycles. The molecule has 0 radical (unpaired) electrons. The Kier molecular flexibility index (Phi) is 3.10. The van der Waals surface area contributed by atoms with E-state index in [0.717, 1.165) is 30.5 Å². The molecule has 4 heteroatoms. The zero-order chi connectivity index (χ0) is 11.7. The van der Waals surface area contributed by atoms with Crippen LogP contribution in [-0.4, -0.2) is 27.5 Å². The summed E-state index contributed by atoms with van der Waals surface area (Å²) >= 11 is 0. The van der Waals surface area contributed by atoms with Crippen LogP contribution in [-0.2, 0) is 6.54 Å². The maximum absolute atomic E-state index is 5.73. The van der Waals surface area contributed by atoms with Gasteiger partial charge in [-0.15, -0.1) is 0 Å². The smallest absolute Gasteiger partial charge is 0.144 e. The van der Waals surface area contributed by atoms with Crippen molar-refractivity contribution in [3.63, 3.8) is 0 Å². The lowest BCUT2D eigenvalue weighted by atomic mass is 10.1. The molecule has 0 amide bonds. The number of rotatable bonds is 2. The van der Waals surface area contributed by atoms with Crippen LogP contribution in [0.1, 0.15) is 31.8 Å². The van der Waals surface area contributed by atoms with E-state index in [-0.39, 0.29) is 0 Å². The summed E-state index contributed by atoms with van der Waals surface area (Å²) in [7, 11) is 0. The number of hydrogen-bond donors (Lipinski definition) is 1. The van der Waals surface area contributed by atoms with Gasteiger partial charge in [-0.1, -0.05) is 6.92 Å². The molecule has 16 heavy (non-hydrogen) atoms. The Bertz CT molecular complexity index is 357. The van der Waals surface area contributed by atoms with Crippen LogP contribution in [0.4, 0.5) is 5.82 Å². The second-order valence-corrected chi connectivity index (χ2v) is 4.97. The van der Waals surface area contributed by atoms with E-state index >= 15 is 0 Å². The third kappa shape index (κ3) is 2.50. The minimum Gasteiger partial charge on any atom is -0.384 e. The maximum Gasteiger partial charge on any atom is 0.144 e. The highest BCUT2D eigenvalue weighted by atomic mass is 15.2. The summed E-state index contributed by atoms with van der Waals surface area (Å²) in [6.07, 6.45) is 1.27. The second kappa shape index (κ2) is 4.37. The maximum atomic E-state index is 5.73. The van der Waals surface area contributed by atoms with Crippen LogP contribution in [0.25, 0.3) is 0 Å². The highest BCUT2D eigenvalue weighted by Gasteiger charge is 2.26. The quantitative estimate of drug-likeness (QED) is 0.822. The zero-order valence-corrected chi connectivity index (χ0v) is 10.3. The lowest BCUT2D eigenvalue weighted by Gasteiger charge is -2.20. The molecule has 1 aromatic heterocycles. The van der Waals surface area contributed by atoms with E-state index < -0.39 is 0 Å². The summed E-state index contributed by atoms with van der Waals surface area (Å²) in [5.74, 6) is 2.19. The molecule has 0 aromatic carbocycles. The van der Waals surface area contributed by atoms with E-state index in [9.17, 15) is 0 Å². The topological polar surface area (TPSA) is 55.0 Å². The summed E-state index contributed by atoms with van der Waals surface area (Å²) < 4.78 is 0. The molecule has 0 bridgehead atoms. The molecule has 88 valence electrons. The number of nitrogens with two attached hydrogens (primary N) is 1. The fourth-order valence-corrected chi connectivity index (χ4v) is 2.52. The normalized spacial score (nSPS) is 26.2. The first kappa shape index (κ1) is 11.3. The summed E-state index contributed by atoms with van der Waals surface area (Å²) in [6.45, 7) is 8.47. The third-order valence-corrected chi connectivity index (χ3v) is 3.18. The first-order valence-electron chi connectivity index (χ1n) is 5.88. The van der Waals surface area contributed by atoms with Crippen molar-refractivity contribution >= 4 is 5.82 Å². The molecule has 0 saturated carbocycles. The highest BCUT2D eigenvalue weighted by molar-refractivity contribution is 5.29. The molecule has 2 rings (SSSR count). The average molecular weight is 220 g/mol. The van der Waals surface area contributed by atoms with E-state index in [1.807, 2.05) is 6.92 Å². The molecule has 4 nitrogen and oxygen atoms in total. The van der Waals surface area contributed by atoms with Gasteiger partial charge in [0.15, 0.2) is 0 Å². The van der Waals surface area contributed by atoms with Crippen LogP contribution in [0.15, 0.2) is 6.07 Å². The van der Waals surface area contributed by atoms with Crippen LogP contribution in [0.5, 0.6) is 0 Å². The van der Waals surface area contributed by atoms with Crippen LogP contribution in [0.2, 0.25) is 0 Å². The van der Waals surface area contributed by atoms with Crippen molar-refractivity contribution < 1.29 is 0 Å². The van der Waals surface area contributed by atoms with Gasteiger partial charge < -0.3 is 5.73 Å². The number of aromatic nitrogens is 2. The Morgan fingerprint density at radius 2 is 2.19 bits per heavy atom. The van der Waals surface area contributed by atoms with E-state index in [1.165, 1.54) is 6.42 Å². The molecule has 1 fully saturated rings. The van der Waals surface area contributed by atoms with Crippen molar-refractivity contribution in [2.75, 3.05) is 12.3 Å². The fourth-order valence-electron chi connectivity index (χ4n) is 2.52. The van der Waals surface area contributed by atoms with Gasteiger partial charge in [0.25, 0.3) is 0 Å². The van der Waals surface area contributed by atoms with Crippen molar-refractivity contribution in [2.24, 2.45) is 5.92 Å². The Morgan fingerprint density at radius 3 is 2.75 bits per heavy atom. The predicted molar refractivity (Wildman–Crippen MR) is 64.8 cm³/mol. The van der Waals surface area contributed by atoms with Crippen LogP contribution < -0.4 is 5.73 Å². The molecule has 2 heterocycles. The first-order chi connectivity index (χ1) is 7.54. The molecule has 1 aliphatic rings. The molecule has 2 N–H and O–H groups in total. The SMILES string of the molecule is Cc1cc(N)nc(CN2CC(C)CC2C)n1. The molecule has 0 aliphatic carbocycles. The van der Waals surface area contributed by atoms with Gasteiger partial charge >= 0.3 is 0 Å². The second-order valence-electron chi connectivity index (χ2n) is 4.97. The summed E-state index contributed by atoms with van der Waals surface area (Å²) in [4.78, 5) is 11.1. The predicted octanol–water partition coefficient (Wildman–Crippen LogP) is 1.60. The van der Waals surface area contributed by atoms with Gasteiger partial charge in [-0.05, 0) is 26.2 Å². The van der Waals surface area contributed by atoms with Gasteiger partial charge in [-0.2, -0.15) is 0 Å². The third-order valence-electron chi connectivity index (χ3n) is 3.18. The Hall–Kier alpha value is -1.16. The van der Waals surface area contributed by atoms with Gasteiger partial charge in [0.2, 0.25) is 0 Å². The van der Waals surface area contributed by atoms with Gasteiger partial charge in [-0.3, -0.25) is 4.90 Å². The van der Waals surface area contributed by atoms with Crippen LogP contribution in [0, 0.1) is 12.8 Å². The van der Waals surface area contributed by atoms with Gasteiger partial charge in [-0.25, -0.2) is 9.97 Å². The molecular formula is C12H20N4. The molecular weight excluding hydrogens is 200 g/mol. The van der Waals surface area contributed by atoms with Crippen molar-refractivity contribution in [1.29, 1.82) is 0 Å². The monoisotopic (exact) mass is 220 g/mol. The van der Waals surface area contributed by atoms with Gasteiger partial charge in [0, 0.05) is 24.3 Å². The average Bonchev–Trinajstić information content (AvgIpc) is 2.43. The summed E-state index contributed by atoms with van der Waals surface area (Å²) in [5.41, 5.74) is 6.67. The van der Waals surface area contributed by atoms with E-state index in [1.54, 1.807) is 6.07 Å². The fraction of sp³-hybridized carbons (Fsp3) is 0.667. The van der Waals surface area contributed by atoms with Crippen LogP contribution >= 0.6 is 0 Å². The van der Waals surface area contributed by atoms with Crippen LogP contribution in [0.3, 0.4) is 0 Å². The van der Waals surface area contributed by atoms with Crippen molar-refractivity contribution in [3.05, 3.63) is 17.6 Å². The summed E-state index contributed by atoms with van der Waals surface area (Å²) in [5, 5.41) is 0. The highest BCUT2D eigenvalue weighted by Crippen LogP contribution is 2.23. The van der Waals surface area contributed by atoms with Crippen molar-refractivity contribution in [1.82, 2.24) is 14.9 Å².